The lowest BCUT2D eigenvalue weighted by Crippen LogP contribution is -2.48. The first-order valence-corrected chi connectivity index (χ1v) is 5.95. The van der Waals surface area contributed by atoms with Crippen LogP contribution in [0.5, 0.6) is 0 Å². The highest BCUT2D eigenvalue weighted by Crippen LogP contribution is 2.11. The van der Waals surface area contributed by atoms with Gasteiger partial charge in [0.25, 0.3) is 0 Å². The van der Waals surface area contributed by atoms with Crippen LogP contribution in [0.4, 0.5) is 4.39 Å². The van der Waals surface area contributed by atoms with Crippen LogP contribution < -0.4 is 5.73 Å². The van der Waals surface area contributed by atoms with E-state index in [1.54, 1.807) is 17.0 Å². The minimum absolute atomic E-state index is 0.0401. The van der Waals surface area contributed by atoms with E-state index in [2.05, 4.69) is 0 Å². The number of likely N-dealkylation sites (tertiary alicyclic amines) is 1. The third-order valence-corrected chi connectivity index (χ3v) is 3.16. The second-order valence-corrected chi connectivity index (χ2v) is 4.45. The van der Waals surface area contributed by atoms with Crippen molar-refractivity contribution < 1.29 is 9.18 Å². The zero-order valence-corrected chi connectivity index (χ0v) is 9.73. The molecule has 1 amide bonds. The summed E-state index contributed by atoms with van der Waals surface area (Å²) < 4.78 is 12.7. The molecule has 1 saturated heterocycles. The second-order valence-electron chi connectivity index (χ2n) is 4.45. The fraction of sp³-hybridized carbons (Fsp3) is 0.462. The molecule has 4 heteroatoms. The predicted molar refractivity (Wildman–Crippen MR) is 63.9 cm³/mol. The monoisotopic (exact) mass is 236 g/mol. The average molecular weight is 236 g/mol. The molecule has 92 valence electrons. The molecule has 2 rings (SSSR count). The van der Waals surface area contributed by atoms with E-state index in [1.807, 2.05) is 0 Å². The summed E-state index contributed by atoms with van der Waals surface area (Å²) in [5, 5.41) is 0. The lowest BCUT2D eigenvalue weighted by molar-refractivity contribution is -0.134. The highest BCUT2D eigenvalue weighted by Gasteiger charge is 2.24. The molecule has 1 aromatic carbocycles. The molecule has 0 bridgehead atoms. The lowest BCUT2D eigenvalue weighted by atomic mass is 10.0. The smallest absolute Gasteiger partial charge is 0.239 e. The Balaban J connectivity index is 1.89. The normalized spacial score (nSPS) is 20.7. The van der Waals surface area contributed by atoms with Crippen LogP contribution >= 0.6 is 0 Å². The molecule has 1 aliphatic heterocycles. The first-order valence-electron chi connectivity index (χ1n) is 5.95. The Labute approximate surface area is 100 Å². The van der Waals surface area contributed by atoms with Crippen molar-refractivity contribution in [3.63, 3.8) is 0 Å². The standard InChI is InChI=1S/C13H17FN2O/c14-11-5-3-10(4-6-11)7-9-16-8-1-2-12(15)13(16)17/h3-6,12H,1-2,7-9,15H2. The summed E-state index contributed by atoms with van der Waals surface area (Å²) in [6, 6.07) is 6.06. The van der Waals surface area contributed by atoms with E-state index in [-0.39, 0.29) is 17.8 Å². The van der Waals surface area contributed by atoms with Crippen LogP contribution in [0.25, 0.3) is 0 Å². The molecule has 0 radical (unpaired) electrons. The zero-order valence-electron chi connectivity index (χ0n) is 9.73. The quantitative estimate of drug-likeness (QED) is 0.860. The van der Waals surface area contributed by atoms with E-state index in [1.165, 1.54) is 12.1 Å². The number of hydrogen-bond donors (Lipinski definition) is 1. The van der Waals surface area contributed by atoms with Gasteiger partial charge in [0.05, 0.1) is 6.04 Å². The van der Waals surface area contributed by atoms with Crippen molar-refractivity contribution in [3.8, 4) is 0 Å². The molecule has 2 N–H and O–H groups in total. The van der Waals surface area contributed by atoms with Gasteiger partial charge in [-0.25, -0.2) is 4.39 Å². The van der Waals surface area contributed by atoms with E-state index in [9.17, 15) is 9.18 Å². The fourth-order valence-electron chi connectivity index (χ4n) is 2.11. The lowest BCUT2D eigenvalue weighted by Gasteiger charge is -2.30. The molecule has 3 nitrogen and oxygen atoms in total. The predicted octanol–water partition coefficient (Wildman–Crippen LogP) is 1.32. The van der Waals surface area contributed by atoms with Gasteiger partial charge in [0, 0.05) is 13.1 Å². The van der Waals surface area contributed by atoms with Gasteiger partial charge in [-0.2, -0.15) is 0 Å². The van der Waals surface area contributed by atoms with Gasteiger partial charge >= 0.3 is 0 Å². The molecular weight excluding hydrogens is 219 g/mol. The Kier molecular flexibility index (Phi) is 3.74. The van der Waals surface area contributed by atoms with Gasteiger partial charge in [0.15, 0.2) is 0 Å². The first-order chi connectivity index (χ1) is 8.16. The first kappa shape index (κ1) is 12.0. The van der Waals surface area contributed by atoms with Gasteiger partial charge < -0.3 is 10.6 Å². The maximum atomic E-state index is 12.7. The van der Waals surface area contributed by atoms with Crippen molar-refractivity contribution in [1.82, 2.24) is 4.90 Å². The van der Waals surface area contributed by atoms with E-state index in [0.29, 0.717) is 6.54 Å². The molecule has 0 aromatic heterocycles. The number of nitrogens with two attached hydrogens (primary N) is 1. The van der Waals surface area contributed by atoms with Crippen molar-refractivity contribution in [2.75, 3.05) is 13.1 Å². The van der Waals surface area contributed by atoms with E-state index >= 15 is 0 Å². The van der Waals surface area contributed by atoms with Crippen molar-refractivity contribution in [2.45, 2.75) is 25.3 Å². The summed E-state index contributed by atoms with van der Waals surface area (Å²) in [5.41, 5.74) is 6.76. The third kappa shape index (κ3) is 3.03. The number of rotatable bonds is 3. The van der Waals surface area contributed by atoms with Gasteiger partial charge in [-0.15, -0.1) is 0 Å². The largest absolute Gasteiger partial charge is 0.341 e. The molecule has 1 heterocycles. The molecule has 1 fully saturated rings. The number of carbonyl (C=O) groups is 1. The number of amides is 1. The Morgan fingerprint density at radius 1 is 1.35 bits per heavy atom. The summed E-state index contributed by atoms with van der Waals surface area (Å²) in [4.78, 5) is 13.5. The van der Waals surface area contributed by atoms with Gasteiger partial charge in [0.2, 0.25) is 5.91 Å². The summed E-state index contributed by atoms with van der Waals surface area (Å²) in [6.45, 7) is 1.45. The minimum Gasteiger partial charge on any atom is -0.341 e. The number of nitrogens with zero attached hydrogens (tertiary/aromatic N) is 1. The fourth-order valence-corrected chi connectivity index (χ4v) is 2.11. The van der Waals surface area contributed by atoms with E-state index < -0.39 is 0 Å². The van der Waals surface area contributed by atoms with Crippen LogP contribution in [0.15, 0.2) is 24.3 Å². The molecule has 1 unspecified atom stereocenters. The van der Waals surface area contributed by atoms with E-state index in [4.69, 9.17) is 5.73 Å². The molecule has 1 aliphatic rings. The maximum Gasteiger partial charge on any atom is 0.239 e. The third-order valence-electron chi connectivity index (χ3n) is 3.16. The molecular formula is C13H17FN2O. The number of hydrogen-bond acceptors (Lipinski definition) is 2. The molecule has 0 spiro atoms. The Hall–Kier alpha value is -1.42. The SMILES string of the molecule is NC1CCCN(CCc2ccc(F)cc2)C1=O. The zero-order chi connectivity index (χ0) is 12.3. The van der Waals surface area contributed by atoms with Gasteiger partial charge in [-0.1, -0.05) is 12.1 Å². The minimum atomic E-state index is -0.336. The van der Waals surface area contributed by atoms with Crippen LogP contribution in [0.3, 0.4) is 0 Å². The summed E-state index contributed by atoms with van der Waals surface area (Å²) in [7, 11) is 0. The molecule has 1 atom stereocenters. The highest BCUT2D eigenvalue weighted by molar-refractivity contribution is 5.82. The number of benzene rings is 1. The Morgan fingerprint density at radius 3 is 2.76 bits per heavy atom. The van der Waals surface area contributed by atoms with Gasteiger partial charge in [0.1, 0.15) is 5.82 Å². The highest BCUT2D eigenvalue weighted by atomic mass is 19.1. The van der Waals surface area contributed by atoms with Gasteiger partial charge in [-0.05, 0) is 37.0 Å². The number of piperidine rings is 1. The number of carbonyl (C=O) groups excluding carboxylic acids is 1. The van der Waals surface area contributed by atoms with Crippen LogP contribution in [-0.4, -0.2) is 29.9 Å². The second kappa shape index (κ2) is 5.27. The molecule has 17 heavy (non-hydrogen) atoms. The molecule has 0 saturated carbocycles. The van der Waals surface area contributed by atoms with Crippen LogP contribution in [0.1, 0.15) is 18.4 Å². The van der Waals surface area contributed by atoms with Crippen LogP contribution in [0, 0.1) is 5.82 Å². The Bertz CT molecular complexity index is 391. The molecule has 0 aliphatic carbocycles. The van der Waals surface area contributed by atoms with Crippen molar-refractivity contribution >= 4 is 5.91 Å². The van der Waals surface area contributed by atoms with Crippen LogP contribution in [0.2, 0.25) is 0 Å². The van der Waals surface area contributed by atoms with Gasteiger partial charge in [-0.3, -0.25) is 4.79 Å². The number of halogens is 1. The van der Waals surface area contributed by atoms with Crippen LogP contribution in [-0.2, 0) is 11.2 Å². The average Bonchev–Trinajstić information content (AvgIpc) is 2.33. The topological polar surface area (TPSA) is 46.3 Å². The van der Waals surface area contributed by atoms with Crippen molar-refractivity contribution in [1.29, 1.82) is 0 Å². The maximum absolute atomic E-state index is 12.7. The van der Waals surface area contributed by atoms with E-state index in [0.717, 1.165) is 31.4 Å². The molecule has 1 aromatic rings. The Morgan fingerprint density at radius 2 is 2.06 bits per heavy atom. The van der Waals surface area contributed by atoms with Crippen molar-refractivity contribution in [3.05, 3.63) is 35.6 Å². The van der Waals surface area contributed by atoms with Crippen molar-refractivity contribution in [2.24, 2.45) is 5.73 Å². The summed E-state index contributed by atoms with van der Waals surface area (Å²) in [5.74, 6) is -0.191. The summed E-state index contributed by atoms with van der Waals surface area (Å²) in [6.07, 6.45) is 2.50. The summed E-state index contributed by atoms with van der Waals surface area (Å²) >= 11 is 0.